The SMILES string of the molecule is NC1CCCN(c2nc3ncccc3o2)C1. The summed E-state index contributed by atoms with van der Waals surface area (Å²) in [5.41, 5.74) is 7.33. The Morgan fingerprint density at radius 1 is 1.50 bits per heavy atom. The van der Waals surface area contributed by atoms with E-state index >= 15 is 0 Å². The first kappa shape index (κ1) is 9.59. The van der Waals surface area contributed by atoms with E-state index in [1.54, 1.807) is 6.20 Å². The molecule has 1 aliphatic rings. The summed E-state index contributed by atoms with van der Waals surface area (Å²) in [6.45, 7) is 1.77. The molecule has 0 saturated carbocycles. The largest absolute Gasteiger partial charge is 0.422 e. The zero-order valence-corrected chi connectivity index (χ0v) is 8.97. The molecule has 3 heterocycles. The van der Waals surface area contributed by atoms with Gasteiger partial charge in [0.15, 0.2) is 5.58 Å². The lowest BCUT2D eigenvalue weighted by Crippen LogP contribution is -2.42. The second kappa shape index (κ2) is 3.75. The van der Waals surface area contributed by atoms with Crippen LogP contribution >= 0.6 is 0 Å². The van der Waals surface area contributed by atoms with E-state index < -0.39 is 0 Å². The number of oxazole rings is 1. The predicted molar refractivity (Wildman–Crippen MR) is 61.2 cm³/mol. The van der Waals surface area contributed by atoms with Crippen LogP contribution in [0.3, 0.4) is 0 Å². The van der Waals surface area contributed by atoms with Gasteiger partial charge < -0.3 is 15.1 Å². The average molecular weight is 218 g/mol. The summed E-state index contributed by atoms with van der Waals surface area (Å²) < 4.78 is 5.65. The highest BCUT2D eigenvalue weighted by Crippen LogP contribution is 2.22. The van der Waals surface area contributed by atoms with E-state index in [0.29, 0.717) is 11.7 Å². The third kappa shape index (κ3) is 1.63. The Labute approximate surface area is 93.3 Å². The average Bonchev–Trinajstić information content (AvgIpc) is 2.72. The number of aromatic nitrogens is 2. The third-order valence-electron chi connectivity index (χ3n) is 2.88. The molecule has 0 bridgehead atoms. The molecule has 0 aliphatic carbocycles. The lowest BCUT2D eigenvalue weighted by molar-refractivity contribution is 0.467. The molecular formula is C11H14N4O. The molecule has 0 radical (unpaired) electrons. The Bertz CT molecular complexity index is 462. The van der Waals surface area contributed by atoms with Crippen molar-refractivity contribution in [3.63, 3.8) is 0 Å². The van der Waals surface area contributed by atoms with Crippen LogP contribution in [0, 0.1) is 0 Å². The number of nitrogens with zero attached hydrogens (tertiary/aromatic N) is 3. The van der Waals surface area contributed by atoms with Crippen molar-refractivity contribution < 1.29 is 4.42 Å². The van der Waals surface area contributed by atoms with Gasteiger partial charge in [-0.05, 0) is 25.0 Å². The zero-order chi connectivity index (χ0) is 11.0. The normalized spacial score (nSPS) is 21.6. The van der Waals surface area contributed by atoms with Crippen molar-refractivity contribution in [2.45, 2.75) is 18.9 Å². The molecule has 1 fully saturated rings. The smallest absolute Gasteiger partial charge is 0.299 e. The summed E-state index contributed by atoms with van der Waals surface area (Å²) in [4.78, 5) is 10.6. The first-order valence-corrected chi connectivity index (χ1v) is 5.55. The summed E-state index contributed by atoms with van der Waals surface area (Å²) in [6.07, 6.45) is 3.89. The van der Waals surface area contributed by atoms with E-state index in [1.807, 2.05) is 12.1 Å². The maximum absolute atomic E-state index is 5.93. The molecule has 1 unspecified atom stereocenters. The van der Waals surface area contributed by atoms with E-state index in [-0.39, 0.29) is 6.04 Å². The van der Waals surface area contributed by atoms with Gasteiger partial charge in [0.1, 0.15) is 0 Å². The van der Waals surface area contributed by atoms with Crippen molar-refractivity contribution in [2.24, 2.45) is 5.73 Å². The minimum Gasteiger partial charge on any atom is -0.422 e. The van der Waals surface area contributed by atoms with Crippen molar-refractivity contribution in [1.29, 1.82) is 0 Å². The standard InChI is InChI=1S/C11H14N4O/c12-8-3-2-6-15(7-8)11-14-10-9(16-11)4-1-5-13-10/h1,4-5,8H,2-3,6-7,12H2. The molecule has 5 heteroatoms. The second-order valence-electron chi connectivity index (χ2n) is 4.17. The Morgan fingerprint density at radius 2 is 2.44 bits per heavy atom. The van der Waals surface area contributed by atoms with Crippen molar-refractivity contribution in [2.75, 3.05) is 18.0 Å². The molecule has 2 aromatic rings. The van der Waals surface area contributed by atoms with Crippen LogP contribution in [0.15, 0.2) is 22.7 Å². The third-order valence-corrected chi connectivity index (χ3v) is 2.88. The molecule has 0 aromatic carbocycles. The first-order valence-electron chi connectivity index (χ1n) is 5.55. The molecule has 2 N–H and O–H groups in total. The van der Waals surface area contributed by atoms with Crippen molar-refractivity contribution in [3.05, 3.63) is 18.3 Å². The minimum atomic E-state index is 0.219. The van der Waals surface area contributed by atoms with Crippen molar-refractivity contribution >= 4 is 17.2 Å². The van der Waals surface area contributed by atoms with E-state index in [0.717, 1.165) is 31.5 Å². The van der Waals surface area contributed by atoms with Crippen molar-refractivity contribution in [3.8, 4) is 0 Å². The highest BCUT2D eigenvalue weighted by Gasteiger charge is 2.21. The number of pyridine rings is 1. The molecule has 1 atom stereocenters. The number of anilines is 1. The van der Waals surface area contributed by atoms with E-state index in [9.17, 15) is 0 Å². The highest BCUT2D eigenvalue weighted by atomic mass is 16.4. The number of nitrogens with two attached hydrogens (primary N) is 1. The maximum Gasteiger partial charge on any atom is 0.299 e. The van der Waals surface area contributed by atoms with Crippen LogP contribution in [0.1, 0.15) is 12.8 Å². The number of fused-ring (bicyclic) bond motifs is 1. The van der Waals surface area contributed by atoms with Crippen LogP contribution in [0.2, 0.25) is 0 Å². The molecule has 84 valence electrons. The van der Waals surface area contributed by atoms with Crippen LogP contribution in [0.5, 0.6) is 0 Å². The van der Waals surface area contributed by atoms with Crippen LogP contribution in [-0.2, 0) is 0 Å². The van der Waals surface area contributed by atoms with Crippen LogP contribution in [0.25, 0.3) is 11.2 Å². The molecule has 2 aromatic heterocycles. The summed E-state index contributed by atoms with van der Waals surface area (Å²) in [5.74, 6) is 0. The van der Waals surface area contributed by atoms with Gasteiger partial charge in [-0.1, -0.05) is 0 Å². The quantitative estimate of drug-likeness (QED) is 0.777. The molecule has 16 heavy (non-hydrogen) atoms. The van der Waals surface area contributed by atoms with Gasteiger partial charge >= 0.3 is 0 Å². The summed E-state index contributed by atoms with van der Waals surface area (Å²) in [6, 6.07) is 4.59. The number of rotatable bonds is 1. The van der Waals surface area contributed by atoms with Gasteiger partial charge in [0.2, 0.25) is 5.65 Å². The fourth-order valence-corrected chi connectivity index (χ4v) is 2.08. The topological polar surface area (TPSA) is 68.2 Å². The lowest BCUT2D eigenvalue weighted by atomic mass is 10.1. The monoisotopic (exact) mass is 218 g/mol. The van der Waals surface area contributed by atoms with Crippen molar-refractivity contribution in [1.82, 2.24) is 9.97 Å². The van der Waals surface area contributed by atoms with E-state index in [2.05, 4.69) is 14.9 Å². The Hall–Kier alpha value is -1.62. The number of hydrogen-bond acceptors (Lipinski definition) is 5. The van der Waals surface area contributed by atoms with Gasteiger partial charge in [-0.15, -0.1) is 0 Å². The summed E-state index contributed by atoms with van der Waals surface area (Å²) >= 11 is 0. The minimum absolute atomic E-state index is 0.219. The molecule has 0 spiro atoms. The molecule has 3 rings (SSSR count). The first-order chi connectivity index (χ1) is 7.83. The van der Waals surface area contributed by atoms with E-state index in [4.69, 9.17) is 10.2 Å². The highest BCUT2D eigenvalue weighted by molar-refractivity contribution is 5.69. The Kier molecular flexibility index (Phi) is 2.25. The zero-order valence-electron chi connectivity index (χ0n) is 8.97. The van der Waals surface area contributed by atoms with Crippen LogP contribution in [0.4, 0.5) is 6.01 Å². The lowest BCUT2D eigenvalue weighted by Gasteiger charge is -2.29. The van der Waals surface area contributed by atoms with Gasteiger partial charge in [-0.25, -0.2) is 4.98 Å². The fraction of sp³-hybridized carbons (Fsp3) is 0.455. The van der Waals surface area contributed by atoms with Gasteiger partial charge in [-0.3, -0.25) is 0 Å². The summed E-state index contributed by atoms with van der Waals surface area (Å²) in [7, 11) is 0. The molecule has 1 saturated heterocycles. The molecular weight excluding hydrogens is 204 g/mol. The van der Waals surface area contributed by atoms with Crippen LogP contribution in [-0.4, -0.2) is 29.1 Å². The van der Waals surface area contributed by atoms with E-state index in [1.165, 1.54) is 0 Å². The van der Waals surface area contributed by atoms with Crippen LogP contribution < -0.4 is 10.6 Å². The number of hydrogen-bond donors (Lipinski definition) is 1. The van der Waals surface area contributed by atoms with Gasteiger partial charge in [0.25, 0.3) is 6.01 Å². The predicted octanol–water partition coefficient (Wildman–Crippen LogP) is 1.15. The molecule has 1 aliphatic heterocycles. The molecule has 0 amide bonds. The maximum atomic E-state index is 5.93. The molecule has 5 nitrogen and oxygen atoms in total. The number of piperidine rings is 1. The Morgan fingerprint density at radius 3 is 3.25 bits per heavy atom. The Balaban J connectivity index is 1.93. The fourth-order valence-electron chi connectivity index (χ4n) is 2.08. The second-order valence-corrected chi connectivity index (χ2v) is 4.17. The van der Waals surface area contributed by atoms with Gasteiger partial charge in [-0.2, -0.15) is 4.98 Å². The van der Waals surface area contributed by atoms with Gasteiger partial charge in [0.05, 0.1) is 0 Å². The van der Waals surface area contributed by atoms with Gasteiger partial charge in [0, 0.05) is 25.3 Å². The summed E-state index contributed by atoms with van der Waals surface area (Å²) in [5, 5.41) is 0.